The van der Waals surface area contributed by atoms with Crippen LogP contribution < -0.4 is 10.2 Å². The van der Waals surface area contributed by atoms with Crippen LogP contribution in [-0.4, -0.2) is 58.8 Å². The number of piperazine rings is 1. The van der Waals surface area contributed by atoms with E-state index in [9.17, 15) is 17.2 Å². The third kappa shape index (κ3) is 5.23. The molecule has 0 spiro atoms. The first kappa shape index (κ1) is 21.0. The Hall–Kier alpha value is -2.68. The average molecular weight is 423 g/mol. The van der Waals surface area contributed by atoms with Gasteiger partial charge in [0.15, 0.2) is 15.8 Å². The van der Waals surface area contributed by atoms with E-state index in [-0.39, 0.29) is 10.6 Å². The fourth-order valence-corrected chi connectivity index (χ4v) is 3.89. The van der Waals surface area contributed by atoms with Gasteiger partial charge in [0, 0.05) is 52.1 Å². The number of nitrogens with one attached hydrogen (secondary N) is 1. The maximum atomic E-state index is 14.0. The van der Waals surface area contributed by atoms with Gasteiger partial charge in [-0.3, -0.25) is 4.99 Å². The second-order valence-electron chi connectivity index (χ2n) is 6.89. The Kier molecular flexibility index (Phi) is 6.36. The zero-order valence-corrected chi connectivity index (χ0v) is 17.2. The van der Waals surface area contributed by atoms with Crippen molar-refractivity contribution in [1.82, 2.24) is 10.2 Å². The maximum absolute atomic E-state index is 14.0. The van der Waals surface area contributed by atoms with Crippen LogP contribution in [-0.2, 0) is 16.4 Å². The predicted molar refractivity (Wildman–Crippen MR) is 110 cm³/mol. The molecule has 0 aliphatic carbocycles. The summed E-state index contributed by atoms with van der Waals surface area (Å²) in [4.78, 5) is 8.46. The molecule has 156 valence electrons. The molecule has 1 heterocycles. The van der Waals surface area contributed by atoms with Crippen molar-refractivity contribution < 1.29 is 17.2 Å². The van der Waals surface area contributed by atoms with Gasteiger partial charge in [-0.1, -0.05) is 12.1 Å². The van der Waals surface area contributed by atoms with Gasteiger partial charge in [-0.25, -0.2) is 17.2 Å². The minimum atomic E-state index is -3.21. The number of aliphatic imine (C=N–C) groups is 1. The molecule has 0 radical (unpaired) electrons. The molecular weight excluding hydrogens is 398 g/mol. The summed E-state index contributed by atoms with van der Waals surface area (Å²) < 4.78 is 50.5. The third-order valence-corrected chi connectivity index (χ3v) is 5.97. The topological polar surface area (TPSA) is 65.0 Å². The van der Waals surface area contributed by atoms with E-state index in [1.807, 2.05) is 4.90 Å². The van der Waals surface area contributed by atoms with E-state index in [0.717, 1.165) is 17.7 Å². The maximum Gasteiger partial charge on any atom is 0.194 e. The number of nitrogens with zero attached hydrogens (tertiary/aromatic N) is 3. The van der Waals surface area contributed by atoms with Crippen molar-refractivity contribution in [3.05, 3.63) is 59.7 Å². The van der Waals surface area contributed by atoms with Crippen molar-refractivity contribution in [2.24, 2.45) is 4.99 Å². The minimum Gasteiger partial charge on any atom is -0.366 e. The molecule has 0 atom stereocenters. The lowest BCUT2D eigenvalue weighted by Gasteiger charge is -2.37. The molecule has 2 aromatic carbocycles. The summed E-state index contributed by atoms with van der Waals surface area (Å²) in [6, 6.07) is 10.2. The van der Waals surface area contributed by atoms with E-state index in [4.69, 9.17) is 0 Å². The van der Waals surface area contributed by atoms with Crippen molar-refractivity contribution in [3.63, 3.8) is 0 Å². The first-order chi connectivity index (χ1) is 13.8. The molecule has 9 heteroatoms. The number of anilines is 1. The molecule has 0 bridgehead atoms. The van der Waals surface area contributed by atoms with Crippen LogP contribution in [0, 0.1) is 11.6 Å². The van der Waals surface area contributed by atoms with E-state index in [1.165, 1.54) is 12.3 Å². The lowest BCUT2D eigenvalue weighted by Crippen LogP contribution is -2.52. The molecule has 1 aliphatic rings. The number of benzene rings is 2. The highest BCUT2D eigenvalue weighted by molar-refractivity contribution is 7.90. The number of sulfone groups is 1. The molecule has 1 fully saturated rings. The van der Waals surface area contributed by atoms with Crippen LogP contribution in [0.1, 0.15) is 5.56 Å². The van der Waals surface area contributed by atoms with Gasteiger partial charge in [0.2, 0.25) is 0 Å². The van der Waals surface area contributed by atoms with Crippen LogP contribution >= 0.6 is 0 Å². The summed E-state index contributed by atoms with van der Waals surface area (Å²) in [6.07, 6.45) is 1.18. The Labute approximate surface area is 169 Å². The van der Waals surface area contributed by atoms with Gasteiger partial charge in [-0.15, -0.1) is 0 Å². The zero-order valence-electron chi connectivity index (χ0n) is 16.4. The van der Waals surface area contributed by atoms with Gasteiger partial charge in [0.05, 0.1) is 10.6 Å². The number of halogens is 2. The molecule has 0 aromatic heterocycles. The Bertz CT molecular complexity index is 986. The Morgan fingerprint density at radius 2 is 1.72 bits per heavy atom. The van der Waals surface area contributed by atoms with E-state index < -0.39 is 21.5 Å². The van der Waals surface area contributed by atoms with Gasteiger partial charge in [-0.05, 0) is 29.8 Å². The molecule has 6 nitrogen and oxygen atoms in total. The van der Waals surface area contributed by atoms with Crippen molar-refractivity contribution >= 4 is 21.5 Å². The fourth-order valence-electron chi connectivity index (χ4n) is 3.26. The van der Waals surface area contributed by atoms with Crippen molar-refractivity contribution in [2.75, 3.05) is 44.4 Å². The number of guanidine groups is 1. The van der Waals surface area contributed by atoms with Crippen LogP contribution in [0.5, 0.6) is 0 Å². The van der Waals surface area contributed by atoms with Crippen LogP contribution in [0.3, 0.4) is 0 Å². The molecule has 1 aliphatic heterocycles. The lowest BCUT2D eigenvalue weighted by atomic mass is 10.2. The van der Waals surface area contributed by atoms with Crippen LogP contribution in [0.25, 0.3) is 0 Å². The molecule has 0 saturated carbocycles. The summed E-state index contributed by atoms with van der Waals surface area (Å²) in [7, 11) is -1.53. The van der Waals surface area contributed by atoms with Gasteiger partial charge in [0.1, 0.15) is 11.6 Å². The Morgan fingerprint density at radius 1 is 1.07 bits per heavy atom. The van der Waals surface area contributed by atoms with Gasteiger partial charge < -0.3 is 15.1 Å². The summed E-state index contributed by atoms with van der Waals surface area (Å²) in [5.41, 5.74) is 1.21. The van der Waals surface area contributed by atoms with E-state index in [1.54, 1.807) is 31.3 Å². The second-order valence-corrected chi connectivity index (χ2v) is 8.90. The Morgan fingerprint density at radius 3 is 2.31 bits per heavy atom. The number of hydrogen-bond acceptors (Lipinski definition) is 4. The monoisotopic (exact) mass is 422 g/mol. The van der Waals surface area contributed by atoms with Crippen molar-refractivity contribution in [2.45, 2.75) is 11.4 Å². The van der Waals surface area contributed by atoms with E-state index >= 15 is 0 Å². The third-order valence-electron chi connectivity index (χ3n) is 4.84. The zero-order chi connectivity index (χ0) is 21.0. The molecule has 1 saturated heterocycles. The quantitative estimate of drug-likeness (QED) is 0.605. The normalized spacial score (nSPS) is 15.5. The largest absolute Gasteiger partial charge is 0.366 e. The Balaban J connectivity index is 1.57. The molecule has 0 unspecified atom stereocenters. The molecule has 29 heavy (non-hydrogen) atoms. The van der Waals surface area contributed by atoms with Gasteiger partial charge in [-0.2, -0.15) is 0 Å². The predicted octanol–water partition coefficient (Wildman–Crippen LogP) is 2.27. The fraction of sp³-hybridized carbons (Fsp3) is 0.350. The number of hydrogen-bond donors (Lipinski definition) is 1. The van der Waals surface area contributed by atoms with Gasteiger partial charge in [0.25, 0.3) is 0 Å². The van der Waals surface area contributed by atoms with E-state index in [0.29, 0.717) is 38.7 Å². The van der Waals surface area contributed by atoms with Crippen molar-refractivity contribution in [3.8, 4) is 0 Å². The summed E-state index contributed by atoms with van der Waals surface area (Å²) in [6.45, 7) is 2.81. The first-order valence-corrected chi connectivity index (χ1v) is 11.1. The summed E-state index contributed by atoms with van der Waals surface area (Å²) >= 11 is 0. The molecule has 0 amide bonds. The second kappa shape index (κ2) is 8.77. The van der Waals surface area contributed by atoms with E-state index in [2.05, 4.69) is 15.2 Å². The number of rotatable bonds is 4. The highest BCUT2D eigenvalue weighted by Gasteiger charge is 2.22. The molecule has 1 N–H and O–H groups in total. The molecule has 3 rings (SSSR count). The highest BCUT2D eigenvalue weighted by atomic mass is 32.2. The molecular formula is C20H24F2N4O2S. The standard InChI is InChI=1S/C20H24F2N4O2S/c1-23-20(24-14-15-3-6-17(7-4-15)29(2,27)28)26-11-9-25(10-12-26)19-13-16(21)5-8-18(19)22/h3-8,13H,9-12,14H2,1-2H3,(H,23,24). The highest BCUT2D eigenvalue weighted by Crippen LogP contribution is 2.22. The lowest BCUT2D eigenvalue weighted by molar-refractivity contribution is 0.370. The van der Waals surface area contributed by atoms with Crippen LogP contribution in [0.2, 0.25) is 0 Å². The first-order valence-electron chi connectivity index (χ1n) is 9.22. The van der Waals surface area contributed by atoms with Crippen LogP contribution in [0.4, 0.5) is 14.5 Å². The van der Waals surface area contributed by atoms with Crippen molar-refractivity contribution in [1.29, 1.82) is 0 Å². The molecule has 2 aromatic rings. The average Bonchev–Trinajstić information content (AvgIpc) is 2.70. The minimum absolute atomic E-state index is 0.276. The summed E-state index contributed by atoms with van der Waals surface area (Å²) in [5, 5.41) is 3.26. The smallest absolute Gasteiger partial charge is 0.194 e. The van der Waals surface area contributed by atoms with Gasteiger partial charge >= 0.3 is 0 Å². The summed E-state index contributed by atoms with van der Waals surface area (Å²) in [5.74, 6) is -0.181. The SMILES string of the molecule is CN=C(NCc1ccc(S(C)(=O)=O)cc1)N1CCN(c2cc(F)ccc2F)CC1. The van der Waals surface area contributed by atoms with Crippen LogP contribution in [0.15, 0.2) is 52.4 Å².